The van der Waals surface area contributed by atoms with E-state index in [1.165, 1.54) is 0 Å². The third-order valence-corrected chi connectivity index (χ3v) is 3.75. The van der Waals surface area contributed by atoms with Gasteiger partial charge in [-0.15, -0.1) is 5.10 Å². The maximum absolute atomic E-state index is 10.6. The summed E-state index contributed by atoms with van der Waals surface area (Å²) in [4.78, 5) is 0. The van der Waals surface area contributed by atoms with Crippen LogP contribution in [0.25, 0.3) is 0 Å². The van der Waals surface area contributed by atoms with Crippen molar-refractivity contribution in [2.24, 2.45) is 12.5 Å². The number of hydrogen-bond acceptors (Lipinski definition) is 3. The van der Waals surface area contributed by atoms with E-state index in [0.29, 0.717) is 4.60 Å². The number of aliphatic hydroxyl groups is 1. The summed E-state index contributed by atoms with van der Waals surface area (Å²) in [5, 5.41) is 18.5. The molecule has 2 rings (SSSR count). The van der Waals surface area contributed by atoms with Crippen LogP contribution in [0.4, 0.5) is 0 Å². The minimum Gasteiger partial charge on any atom is -0.383 e. The molecule has 1 heterocycles. The largest absolute Gasteiger partial charge is 0.383 e. The van der Waals surface area contributed by atoms with Gasteiger partial charge in [-0.05, 0) is 40.6 Å². The molecular formula is C10H16BrN3O. The Bertz CT molecular complexity index is 369. The van der Waals surface area contributed by atoms with Crippen molar-refractivity contribution < 1.29 is 5.11 Å². The Morgan fingerprint density at radius 3 is 2.47 bits per heavy atom. The zero-order chi connectivity index (χ0) is 11.3. The molecular weight excluding hydrogens is 258 g/mol. The van der Waals surface area contributed by atoms with E-state index in [1.54, 1.807) is 4.68 Å². The summed E-state index contributed by atoms with van der Waals surface area (Å²) in [6.45, 7) is 4.37. The molecule has 1 aliphatic carbocycles. The lowest BCUT2D eigenvalue weighted by Gasteiger charge is -2.25. The van der Waals surface area contributed by atoms with Gasteiger partial charge >= 0.3 is 0 Å². The van der Waals surface area contributed by atoms with E-state index < -0.39 is 5.60 Å². The second kappa shape index (κ2) is 3.28. The van der Waals surface area contributed by atoms with E-state index in [4.69, 9.17) is 0 Å². The molecule has 1 unspecified atom stereocenters. The van der Waals surface area contributed by atoms with Crippen molar-refractivity contribution in [3.05, 3.63) is 10.3 Å². The van der Waals surface area contributed by atoms with Gasteiger partial charge in [-0.3, -0.25) is 0 Å². The van der Waals surface area contributed by atoms with Crippen LogP contribution >= 0.6 is 15.9 Å². The number of aromatic nitrogens is 3. The highest BCUT2D eigenvalue weighted by atomic mass is 79.9. The van der Waals surface area contributed by atoms with Gasteiger partial charge in [0.05, 0.1) is 0 Å². The summed E-state index contributed by atoms with van der Waals surface area (Å²) in [6.07, 6.45) is 2.57. The van der Waals surface area contributed by atoms with Crippen LogP contribution in [0.3, 0.4) is 0 Å². The van der Waals surface area contributed by atoms with Gasteiger partial charge in [0.15, 0.2) is 4.60 Å². The molecule has 1 aromatic heterocycles. The van der Waals surface area contributed by atoms with E-state index in [-0.39, 0.29) is 5.41 Å². The topological polar surface area (TPSA) is 50.9 Å². The SMILES string of the molecule is Cn1nnc(Br)c1C1(O)CCC(C)(C)C1. The molecule has 0 saturated heterocycles. The fourth-order valence-corrected chi connectivity index (χ4v) is 3.24. The van der Waals surface area contributed by atoms with Crippen molar-refractivity contribution in [3.8, 4) is 0 Å². The van der Waals surface area contributed by atoms with Gasteiger partial charge in [0, 0.05) is 7.05 Å². The number of hydrogen-bond donors (Lipinski definition) is 1. The van der Waals surface area contributed by atoms with Gasteiger partial charge in [-0.2, -0.15) is 0 Å². The average molecular weight is 274 g/mol. The molecule has 5 heteroatoms. The molecule has 15 heavy (non-hydrogen) atoms. The minimum atomic E-state index is -0.777. The quantitative estimate of drug-likeness (QED) is 0.851. The predicted molar refractivity (Wildman–Crippen MR) is 60.2 cm³/mol. The molecule has 0 aromatic carbocycles. The lowest BCUT2D eigenvalue weighted by atomic mass is 9.88. The van der Waals surface area contributed by atoms with Crippen LogP contribution in [0.1, 0.15) is 38.8 Å². The monoisotopic (exact) mass is 273 g/mol. The first kappa shape index (κ1) is 11.1. The second-order valence-electron chi connectivity index (χ2n) is 5.23. The number of rotatable bonds is 1. The Hall–Kier alpha value is -0.420. The first-order valence-electron chi connectivity index (χ1n) is 5.12. The molecule has 0 aliphatic heterocycles. The number of aryl methyl sites for hydroxylation is 1. The fraction of sp³-hybridized carbons (Fsp3) is 0.800. The van der Waals surface area contributed by atoms with Gasteiger partial charge in [0.25, 0.3) is 0 Å². The van der Waals surface area contributed by atoms with Crippen LogP contribution in [-0.2, 0) is 12.6 Å². The first-order valence-corrected chi connectivity index (χ1v) is 5.91. The summed E-state index contributed by atoms with van der Waals surface area (Å²) < 4.78 is 2.32. The van der Waals surface area contributed by atoms with Gasteiger partial charge in [0.1, 0.15) is 11.3 Å². The minimum absolute atomic E-state index is 0.193. The van der Waals surface area contributed by atoms with Crippen molar-refractivity contribution in [2.75, 3.05) is 0 Å². The van der Waals surface area contributed by atoms with Crippen molar-refractivity contribution in [3.63, 3.8) is 0 Å². The maximum Gasteiger partial charge on any atom is 0.154 e. The Kier molecular flexibility index (Phi) is 2.43. The lowest BCUT2D eigenvalue weighted by Crippen LogP contribution is -2.27. The third kappa shape index (κ3) is 1.83. The van der Waals surface area contributed by atoms with Crippen molar-refractivity contribution in [1.82, 2.24) is 15.0 Å². The van der Waals surface area contributed by atoms with E-state index >= 15 is 0 Å². The lowest BCUT2D eigenvalue weighted by molar-refractivity contribution is 0.0250. The highest BCUT2D eigenvalue weighted by Crippen LogP contribution is 2.49. The molecule has 0 spiro atoms. The summed E-state index contributed by atoms with van der Waals surface area (Å²) in [7, 11) is 1.82. The molecule has 1 aromatic rings. The highest BCUT2D eigenvalue weighted by Gasteiger charge is 2.46. The van der Waals surface area contributed by atoms with E-state index in [0.717, 1.165) is 25.0 Å². The molecule has 1 N–H and O–H groups in total. The van der Waals surface area contributed by atoms with Crippen molar-refractivity contribution in [1.29, 1.82) is 0 Å². The Morgan fingerprint density at radius 2 is 2.07 bits per heavy atom. The van der Waals surface area contributed by atoms with Crippen molar-refractivity contribution in [2.45, 2.75) is 38.7 Å². The number of halogens is 1. The summed E-state index contributed by atoms with van der Waals surface area (Å²) in [5.74, 6) is 0. The van der Waals surface area contributed by atoms with Crippen LogP contribution in [0.5, 0.6) is 0 Å². The van der Waals surface area contributed by atoms with Gasteiger partial charge in [-0.1, -0.05) is 19.1 Å². The zero-order valence-electron chi connectivity index (χ0n) is 9.29. The third-order valence-electron chi connectivity index (χ3n) is 3.21. The van der Waals surface area contributed by atoms with Gasteiger partial charge < -0.3 is 5.11 Å². The van der Waals surface area contributed by atoms with Crippen LogP contribution in [0.2, 0.25) is 0 Å². The van der Waals surface area contributed by atoms with E-state index in [1.807, 2.05) is 7.05 Å². The molecule has 4 nitrogen and oxygen atoms in total. The Morgan fingerprint density at radius 1 is 1.40 bits per heavy atom. The van der Waals surface area contributed by atoms with E-state index in [2.05, 4.69) is 40.1 Å². The molecule has 84 valence electrons. The summed E-state index contributed by atoms with van der Waals surface area (Å²) in [5.41, 5.74) is 0.215. The van der Waals surface area contributed by atoms with Gasteiger partial charge in [0.2, 0.25) is 0 Å². The average Bonchev–Trinajstić information content (AvgIpc) is 2.55. The normalized spacial score (nSPS) is 29.7. The number of nitrogens with zero attached hydrogens (tertiary/aromatic N) is 3. The molecule has 1 fully saturated rings. The summed E-state index contributed by atoms with van der Waals surface area (Å²) in [6, 6.07) is 0. The van der Waals surface area contributed by atoms with Crippen molar-refractivity contribution >= 4 is 15.9 Å². The zero-order valence-corrected chi connectivity index (χ0v) is 10.9. The maximum atomic E-state index is 10.6. The molecule has 1 saturated carbocycles. The standard InChI is InChI=1S/C10H16BrN3O/c1-9(2)4-5-10(15,6-9)7-8(11)12-13-14(7)3/h15H,4-6H2,1-3H3. The Balaban J connectivity index is 2.40. The molecule has 0 bridgehead atoms. The van der Waals surface area contributed by atoms with Crippen LogP contribution in [-0.4, -0.2) is 20.1 Å². The molecule has 0 radical (unpaired) electrons. The molecule has 1 aliphatic rings. The molecule has 0 amide bonds. The van der Waals surface area contributed by atoms with Crippen LogP contribution in [0, 0.1) is 5.41 Å². The second-order valence-corrected chi connectivity index (χ2v) is 5.98. The smallest absolute Gasteiger partial charge is 0.154 e. The van der Waals surface area contributed by atoms with Crippen LogP contribution in [0.15, 0.2) is 4.60 Å². The molecule has 1 atom stereocenters. The predicted octanol–water partition coefficient (Wildman–Crippen LogP) is 1.98. The van der Waals surface area contributed by atoms with E-state index in [9.17, 15) is 5.11 Å². The Labute approximate surface area is 97.8 Å². The first-order chi connectivity index (χ1) is 6.84. The highest BCUT2D eigenvalue weighted by molar-refractivity contribution is 9.10. The summed E-state index contributed by atoms with van der Waals surface area (Å²) >= 11 is 3.35. The van der Waals surface area contributed by atoms with Crippen LogP contribution < -0.4 is 0 Å². The van der Waals surface area contributed by atoms with Gasteiger partial charge in [-0.25, -0.2) is 4.68 Å². The fourth-order valence-electron chi connectivity index (χ4n) is 2.54.